The predicted octanol–water partition coefficient (Wildman–Crippen LogP) is 1.53. The fourth-order valence-electron chi connectivity index (χ4n) is 2.14. The lowest BCUT2D eigenvalue weighted by molar-refractivity contribution is -0.123. The fourth-order valence-corrected chi connectivity index (χ4v) is 3.48. The third-order valence-corrected chi connectivity index (χ3v) is 4.59. The highest BCUT2D eigenvalue weighted by Gasteiger charge is 2.42. The average Bonchev–Trinajstić information content (AvgIpc) is 2.71. The summed E-state index contributed by atoms with van der Waals surface area (Å²) in [6, 6.07) is 10.1. The lowest BCUT2D eigenvalue weighted by Crippen LogP contribution is -2.55. The summed E-state index contributed by atoms with van der Waals surface area (Å²) in [5, 5.41) is 3.84. The second-order valence-corrected chi connectivity index (χ2v) is 6.04. The molecule has 0 radical (unpaired) electrons. The number of thioether (sulfide) groups is 1. The van der Waals surface area contributed by atoms with Crippen LogP contribution in [0, 0.1) is 0 Å². The summed E-state index contributed by atoms with van der Waals surface area (Å²) in [5.41, 5.74) is 6.19. The molecule has 0 saturated carbocycles. The van der Waals surface area contributed by atoms with Crippen LogP contribution in [0.5, 0.6) is 0 Å². The molecule has 1 aliphatic rings. The van der Waals surface area contributed by atoms with Crippen LogP contribution in [0.2, 0.25) is 0 Å². The van der Waals surface area contributed by atoms with Gasteiger partial charge < -0.3 is 5.73 Å². The normalized spacial score (nSPS) is 28.2. The molecule has 3 nitrogen and oxygen atoms in total. The molecule has 3 N–H and O–H groups in total. The van der Waals surface area contributed by atoms with Gasteiger partial charge in [-0.1, -0.05) is 37.3 Å². The van der Waals surface area contributed by atoms with E-state index in [1.807, 2.05) is 30.3 Å². The molecule has 1 aromatic rings. The second-order valence-electron chi connectivity index (χ2n) is 4.61. The summed E-state index contributed by atoms with van der Waals surface area (Å²) < 4.78 is 0. The van der Waals surface area contributed by atoms with Crippen molar-refractivity contribution >= 4 is 17.7 Å². The quantitative estimate of drug-likeness (QED) is 0.852. The molecular weight excluding hydrogens is 232 g/mol. The van der Waals surface area contributed by atoms with E-state index in [2.05, 4.69) is 12.2 Å². The smallest absolute Gasteiger partial charge is 0.238 e. The zero-order chi connectivity index (χ0) is 12.3. The molecule has 0 aliphatic carbocycles. The summed E-state index contributed by atoms with van der Waals surface area (Å²) >= 11 is 1.80. The van der Waals surface area contributed by atoms with Crippen molar-refractivity contribution < 1.29 is 4.79 Å². The highest BCUT2D eigenvalue weighted by Crippen LogP contribution is 2.34. The maximum Gasteiger partial charge on any atom is 0.238 e. The Kier molecular flexibility index (Phi) is 3.74. The van der Waals surface area contributed by atoms with Gasteiger partial charge in [0.25, 0.3) is 0 Å². The largest absolute Gasteiger partial charge is 0.368 e. The van der Waals surface area contributed by atoms with Crippen LogP contribution in [0.15, 0.2) is 30.3 Å². The highest BCUT2D eigenvalue weighted by atomic mass is 32.2. The van der Waals surface area contributed by atoms with Crippen molar-refractivity contribution in [1.29, 1.82) is 0 Å². The minimum absolute atomic E-state index is 0.231. The van der Waals surface area contributed by atoms with Gasteiger partial charge in [0.05, 0.1) is 0 Å². The van der Waals surface area contributed by atoms with Gasteiger partial charge in [-0.05, 0) is 12.0 Å². The number of rotatable bonds is 4. The van der Waals surface area contributed by atoms with Gasteiger partial charge in [-0.15, -0.1) is 0 Å². The molecule has 0 spiro atoms. The first-order valence-electron chi connectivity index (χ1n) is 5.83. The van der Waals surface area contributed by atoms with Gasteiger partial charge >= 0.3 is 0 Å². The Balaban J connectivity index is 2.03. The van der Waals surface area contributed by atoms with Crippen LogP contribution in [0.4, 0.5) is 0 Å². The molecule has 92 valence electrons. The topological polar surface area (TPSA) is 55.1 Å². The standard InChI is InChI=1S/C13H18N2OS/c1-10-7-13(9-17-10,12(14)16)15-8-11-5-3-2-4-6-11/h2-6,10,15H,7-9H2,1H3,(H2,14,16). The maximum absolute atomic E-state index is 11.6. The highest BCUT2D eigenvalue weighted by molar-refractivity contribution is 8.00. The first-order valence-corrected chi connectivity index (χ1v) is 6.88. The van der Waals surface area contributed by atoms with Crippen molar-refractivity contribution in [1.82, 2.24) is 5.32 Å². The summed E-state index contributed by atoms with van der Waals surface area (Å²) in [4.78, 5) is 11.6. The number of nitrogens with two attached hydrogens (primary N) is 1. The third-order valence-electron chi connectivity index (χ3n) is 3.20. The number of amides is 1. The molecule has 2 rings (SSSR count). The van der Waals surface area contributed by atoms with Crippen LogP contribution >= 0.6 is 11.8 Å². The van der Waals surface area contributed by atoms with Gasteiger partial charge in [-0.3, -0.25) is 10.1 Å². The summed E-state index contributed by atoms with van der Waals surface area (Å²) in [6.07, 6.45) is 0.819. The molecule has 1 amide bonds. The molecular formula is C13H18N2OS. The Hall–Kier alpha value is -1.00. The van der Waals surface area contributed by atoms with Crippen molar-refractivity contribution in [2.45, 2.75) is 30.7 Å². The third kappa shape index (κ3) is 2.82. The number of hydrogen-bond acceptors (Lipinski definition) is 3. The number of nitrogens with one attached hydrogen (secondary N) is 1. The van der Waals surface area contributed by atoms with Gasteiger partial charge in [0.1, 0.15) is 5.54 Å². The first kappa shape index (κ1) is 12.5. The number of hydrogen-bond donors (Lipinski definition) is 2. The summed E-state index contributed by atoms with van der Waals surface area (Å²) in [7, 11) is 0. The molecule has 17 heavy (non-hydrogen) atoms. The van der Waals surface area contributed by atoms with Gasteiger partial charge in [0, 0.05) is 17.5 Å². The first-order chi connectivity index (χ1) is 8.12. The van der Waals surface area contributed by atoms with Crippen molar-refractivity contribution in [2.75, 3.05) is 5.75 Å². The maximum atomic E-state index is 11.6. The Morgan fingerprint density at radius 3 is 2.76 bits per heavy atom. The van der Waals surface area contributed by atoms with Crippen molar-refractivity contribution in [3.8, 4) is 0 Å². The van der Waals surface area contributed by atoms with Gasteiger partial charge in [-0.25, -0.2) is 0 Å². The zero-order valence-electron chi connectivity index (χ0n) is 9.98. The SMILES string of the molecule is CC1CC(NCc2ccccc2)(C(N)=O)CS1. The van der Waals surface area contributed by atoms with Crippen LogP contribution in [-0.2, 0) is 11.3 Å². The van der Waals surface area contributed by atoms with Crippen molar-refractivity contribution in [3.05, 3.63) is 35.9 Å². The van der Waals surface area contributed by atoms with E-state index < -0.39 is 5.54 Å². The van der Waals surface area contributed by atoms with E-state index in [1.165, 1.54) is 5.56 Å². The molecule has 1 fully saturated rings. The Labute approximate surface area is 106 Å². The predicted molar refractivity (Wildman–Crippen MR) is 71.7 cm³/mol. The van der Waals surface area contributed by atoms with E-state index in [9.17, 15) is 4.79 Å². The van der Waals surface area contributed by atoms with Gasteiger partial charge in [0.2, 0.25) is 5.91 Å². The minimum Gasteiger partial charge on any atom is -0.368 e. The van der Waals surface area contributed by atoms with Gasteiger partial charge in [-0.2, -0.15) is 11.8 Å². The zero-order valence-corrected chi connectivity index (χ0v) is 10.8. The molecule has 1 aliphatic heterocycles. The van der Waals surface area contributed by atoms with Crippen LogP contribution in [0.25, 0.3) is 0 Å². The molecule has 1 heterocycles. The second kappa shape index (κ2) is 5.10. The van der Waals surface area contributed by atoms with E-state index in [0.717, 1.165) is 12.2 Å². The summed E-state index contributed by atoms with van der Waals surface area (Å²) in [5.74, 6) is 0.543. The molecule has 0 bridgehead atoms. The fraction of sp³-hybridized carbons (Fsp3) is 0.462. The van der Waals surface area contributed by atoms with E-state index in [-0.39, 0.29) is 5.91 Å². The molecule has 2 atom stereocenters. The van der Waals surface area contributed by atoms with E-state index in [4.69, 9.17) is 5.73 Å². The monoisotopic (exact) mass is 250 g/mol. The number of carbonyl (C=O) groups is 1. The lowest BCUT2D eigenvalue weighted by Gasteiger charge is -2.26. The van der Waals surface area contributed by atoms with Gasteiger partial charge in [0.15, 0.2) is 0 Å². The Bertz CT molecular complexity index is 396. The van der Waals surface area contributed by atoms with Crippen LogP contribution in [-0.4, -0.2) is 22.4 Å². The Morgan fingerprint density at radius 1 is 1.53 bits per heavy atom. The summed E-state index contributed by atoms with van der Waals surface area (Å²) in [6.45, 7) is 2.83. The average molecular weight is 250 g/mol. The number of carbonyl (C=O) groups excluding carboxylic acids is 1. The lowest BCUT2D eigenvalue weighted by atomic mass is 9.95. The van der Waals surface area contributed by atoms with Crippen molar-refractivity contribution in [2.24, 2.45) is 5.73 Å². The Morgan fingerprint density at radius 2 is 2.24 bits per heavy atom. The van der Waals surface area contributed by atoms with Crippen LogP contribution in [0.1, 0.15) is 18.9 Å². The molecule has 1 saturated heterocycles. The number of benzene rings is 1. The molecule has 1 aromatic carbocycles. The van der Waals surface area contributed by atoms with Crippen LogP contribution in [0.3, 0.4) is 0 Å². The molecule has 4 heteroatoms. The van der Waals surface area contributed by atoms with E-state index in [0.29, 0.717) is 11.8 Å². The van der Waals surface area contributed by atoms with E-state index in [1.54, 1.807) is 11.8 Å². The molecule has 2 unspecified atom stereocenters. The minimum atomic E-state index is -0.528. The molecule has 0 aromatic heterocycles. The van der Waals surface area contributed by atoms with E-state index >= 15 is 0 Å². The van der Waals surface area contributed by atoms with Crippen LogP contribution < -0.4 is 11.1 Å². The number of primary amides is 1. The van der Waals surface area contributed by atoms with Crippen molar-refractivity contribution in [3.63, 3.8) is 0 Å².